The molecule has 0 spiro atoms. The predicted molar refractivity (Wildman–Crippen MR) is 141 cm³/mol. The van der Waals surface area contributed by atoms with Gasteiger partial charge in [-0.05, 0) is 35.6 Å². The molecule has 1 atom stereocenters. The lowest BCUT2D eigenvalue weighted by atomic mass is 10.1. The molecule has 0 amide bonds. The first kappa shape index (κ1) is 24.1. The van der Waals surface area contributed by atoms with Gasteiger partial charge in [-0.3, -0.25) is 0 Å². The van der Waals surface area contributed by atoms with Gasteiger partial charge in [0.15, 0.2) is 5.96 Å². The van der Waals surface area contributed by atoms with Gasteiger partial charge >= 0.3 is 0 Å². The average Bonchev–Trinajstić information content (AvgIpc) is 3.45. The van der Waals surface area contributed by atoms with Gasteiger partial charge in [0.2, 0.25) is 0 Å². The third kappa shape index (κ3) is 6.50. The van der Waals surface area contributed by atoms with Crippen LogP contribution in [0.3, 0.4) is 0 Å². The Labute approximate surface area is 208 Å². The molecule has 9 heteroatoms. The highest BCUT2D eigenvalue weighted by Crippen LogP contribution is 2.29. The van der Waals surface area contributed by atoms with E-state index in [0.29, 0.717) is 25.6 Å². The van der Waals surface area contributed by atoms with Crippen LogP contribution < -0.4 is 10.6 Å². The number of rotatable bonds is 8. The highest BCUT2D eigenvalue weighted by molar-refractivity contribution is 14.0. The van der Waals surface area contributed by atoms with E-state index in [-0.39, 0.29) is 24.0 Å². The summed E-state index contributed by atoms with van der Waals surface area (Å²) in [6.07, 6.45) is 2.66. The topological polar surface area (TPSA) is 87.4 Å². The zero-order chi connectivity index (χ0) is 21.5. The third-order valence-electron chi connectivity index (χ3n) is 4.80. The molecule has 7 nitrogen and oxygen atoms in total. The molecule has 0 radical (unpaired) electrons. The van der Waals surface area contributed by atoms with Gasteiger partial charge in [-0.2, -0.15) is 5.10 Å². The molecule has 4 rings (SSSR count). The van der Waals surface area contributed by atoms with Crippen LogP contribution in [0, 0.1) is 0 Å². The smallest absolute Gasteiger partial charge is 0.191 e. The molecule has 0 fully saturated rings. The molecule has 32 heavy (non-hydrogen) atoms. The number of aliphatic hydroxyl groups is 1. The molecule has 2 aromatic carbocycles. The fraction of sp³-hybridized carbons (Fsp3) is 0.261. The summed E-state index contributed by atoms with van der Waals surface area (Å²) in [7, 11) is 0. The first-order valence-corrected chi connectivity index (χ1v) is 11.1. The summed E-state index contributed by atoms with van der Waals surface area (Å²) >= 11 is 1.62. The number of hydrogen-bond donors (Lipinski definition) is 3. The van der Waals surface area contributed by atoms with Crippen molar-refractivity contribution in [1.29, 1.82) is 0 Å². The van der Waals surface area contributed by atoms with Crippen molar-refractivity contribution >= 4 is 51.4 Å². The van der Waals surface area contributed by atoms with Crippen molar-refractivity contribution in [2.75, 3.05) is 13.1 Å². The number of nitrogens with zero attached hydrogens (tertiary/aromatic N) is 4. The normalized spacial score (nSPS) is 12.4. The summed E-state index contributed by atoms with van der Waals surface area (Å²) in [5.41, 5.74) is 2.26. The summed E-state index contributed by atoms with van der Waals surface area (Å²) in [5.74, 6) is 0.685. The molecule has 0 aliphatic carbocycles. The van der Waals surface area contributed by atoms with Crippen LogP contribution in [-0.4, -0.2) is 38.9 Å². The molecule has 0 aliphatic heterocycles. The average molecular weight is 562 g/mol. The maximum Gasteiger partial charge on any atom is 0.191 e. The zero-order valence-corrected chi connectivity index (χ0v) is 21.0. The van der Waals surface area contributed by atoms with Gasteiger partial charge < -0.3 is 15.7 Å². The van der Waals surface area contributed by atoms with E-state index in [2.05, 4.69) is 62.1 Å². The molecule has 0 bridgehead atoms. The lowest BCUT2D eigenvalue weighted by molar-refractivity contribution is 0.184. The van der Waals surface area contributed by atoms with E-state index >= 15 is 0 Å². The Morgan fingerprint density at radius 1 is 1.12 bits per heavy atom. The Kier molecular flexibility index (Phi) is 9.00. The standard InChI is InChI=1S/C23H26N6OS.HI/c1-2-25-23(27-13-20(30)22-11-19-8-3-4-9-21(19)31-22)26-12-17-6-5-7-18(10-17)14-29-16-24-15-28-29;/h3-11,15-16,20,30H,2,12-14H2,1H3,(H2,25,26,27);1H. The largest absolute Gasteiger partial charge is 0.386 e. The van der Waals surface area contributed by atoms with Crippen LogP contribution in [0.25, 0.3) is 10.1 Å². The zero-order valence-electron chi connectivity index (χ0n) is 17.8. The first-order chi connectivity index (χ1) is 15.2. The number of guanidine groups is 1. The van der Waals surface area contributed by atoms with E-state index in [1.807, 2.05) is 25.1 Å². The third-order valence-corrected chi connectivity index (χ3v) is 6.02. The maximum absolute atomic E-state index is 10.6. The Hall–Kier alpha value is -2.50. The quantitative estimate of drug-likeness (QED) is 0.172. The molecule has 0 saturated carbocycles. The number of aliphatic imine (C=N–C) groups is 1. The number of nitrogens with one attached hydrogen (secondary N) is 2. The predicted octanol–water partition coefficient (Wildman–Crippen LogP) is 3.95. The number of aliphatic hydroxyl groups excluding tert-OH is 1. The number of hydrogen-bond acceptors (Lipinski definition) is 5. The van der Waals surface area contributed by atoms with Gasteiger partial charge in [0.1, 0.15) is 18.8 Å². The van der Waals surface area contributed by atoms with Gasteiger partial charge in [0, 0.05) is 22.7 Å². The summed E-state index contributed by atoms with van der Waals surface area (Å²) in [6.45, 7) is 4.39. The highest BCUT2D eigenvalue weighted by atomic mass is 127. The Bertz CT molecular complexity index is 1110. The number of benzene rings is 2. The first-order valence-electron chi connectivity index (χ1n) is 10.3. The molecule has 1 unspecified atom stereocenters. The minimum Gasteiger partial charge on any atom is -0.386 e. The second-order valence-corrected chi connectivity index (χ2v) is 8.31. The van der Waals surface area contributed by atoms with Crippen LogP contribution >= 0.6 is 35.3 Å². The van der Waals surface area contributed by atoms with Crippen LogP contribution in [0.1, 0.15) is 29.0 Å². The minimum atomic E-state index is -0.590. The summed E-state index contributed by atoms with van der Waals surface area (Å²) in [5, 5.41) is 22.5. The number of thiophene rings is 1. The van der Waals surface area contributed by atoms with Crippen LogP contribution in [-0.2, 0) is 13.1 Å². The van der Waals surface area contributed by atoms with E-state index in [1.165, 1.54) is 11.0 Å². The molecule has 0 aliphatic rings. The van der Waals surface area contributed by atoms with Crippen molar-refractivity contribution < 1.29 is 5.11 Å². The van der Waals surface area contributed by atoms with E-state index in [0.717, 1.165) is 27.9 Å². The van der Waals surface area contributed by atoms with Gasteiger partial charge in [-0.1, -0.05) is 42.5 Å². The molecule has 2 heterocycles. The lowest BCUT2D eigenvalue weighted by Gasteiger charge is -2.14. The number of fused-ring (bicyclic) bond motifs is 1. The van der Waals surface area contributed by atoms with Crippen molar-refractivity contribution in [1.82, 2.24) is 25.4 Å². The maximum atomic E-state index is 10.6. The molecule has 0 saturated heterocycles. The number of aromatic nitrogens is 3. The molecule has 3 N–H and O–H groups in total. The molecule has 2 aromatic heterocycles. The van der Waals surface area contributed by atoms with Gasteiger partial charge in [-0.25, -0.2) is 14.7 Å². The minimum absolute atomic E-state index is 0. The van der Waals surface area contributed by atoms with Crippen LogP contribution in [0.15, 0.2) is 72.2 Å². The second kappa shape index (κ2) is 11.9. The van der Waals surface area contributed by atoms with Gasteiger partial charge in [0.05, 0.1) is 13.1 Å². The number of halogens is 1. The van der Waals surface area contributed by atoms with E-state index in [9.17, 15) is 5.11 Å². The fourth-order valence-corrected chi connectivity index (χ4v) is 4.35. The van der Waals surface area contributed by atoms with E-state index in [4.69, 9.17) is 0 Å². The second-order valence-electron chi connectivity index (χ2n) is 7.19. The molecule has 4 aromatic rings. The van der Waals surface area contributed by atoms with E-state index in [1.54, 1.807) is 22.3 Å². The van der Waals surface area contributed by atoms with Crippen LogP contribution in [0.4, 0.5) is 0 Å². The van der Waals surface area contributed by atoms with Gasteiger partial charge in [0.25, 0.3) is 0 Å². The fourth-order valence-electron chi connectivity index (χ4n) is 3.30. The molecule has 168 valence electrons. The summed E-state index contributed by atoms with van der Waals surface area (Å²) < 4.78 is 2.98. The van der Waals surface area contributed by atoms with Crippen LogP contribution in [0.2, 0.25) is 0 Å². The SMILES string of the molecule is CCNC(=NCc1cccc(Cn2cncn2)c1)NCC(O)c1cc2ccccc2s1.I. The van der Waals surface area contributed by atoms with Crippen molar-refractivity contribution in [3.05, 3.63) is 83.3 Å². The van der Waals surface area contributed by atoms with Crippen molar-refractivity contribution in [3.63, 3.8) is 0 Å². The van der Waals surface area contributed by atoms with Crippen molar-refractivity contribution in [2.45, 2.75) is 26.1 Å². The monoisotopic (exact) mass is 562 g/mol. The Balaban J connectivity index is 0.00000289. The lowest BCUT2D eigenvalue weighted by Crippen LogP contribution is -2.39. The van der Waals surface area contributed by atoms with Crippen molar-refractivity contribution in [3.8, 4) is 0 Å². The Morgan fingerprint density at radius 3 is 2.75 bits per heavy atom. The molecular weight excluding hydrogens is 535 g/mol. The van der Waals surface area contributed by atoms with Gasteiger partial charge in [-0.15, -0.1) is 35.3 Å². The molecular formula is C23H27IN6OS. The summed E-state index contributed by atoms with van der Waals surface area (Å²) in [6, 6.07) is 18.5. The van der Waals surface area contributed by atoms with E-state index < -0.39 is 6.10 Å². The highest BCUT2D eigenvalue weighted by Gasteiger charge is 2.12. The Morgan fingerprint density at radius 2 is 1.97 bits per heavy atom. The summed E-state index contributed by atoms with van der Waals surface area (Å²) in [4.78, 5) is 9.61. The van der Waals surface area contributed by atoms with Crippen molar-refractivity contribution in [2.24, 2.45) is 4.99 Å². The van der Waals surface area contributed by atoms with Crippen LogP contribution in [0.5, 0.6) is 0 Å².